The van der Waals surface area contributed by atoms with Crippen molar-refractivity contribution in [3.8, 4) is 5.75 Å². The van der Waals surface area contributed by atoms with Gasteiger partial charge in [0, 0.05) is 29.3 Å². The number of hydrogen-bond acceptors (Lipinski definition) is 5. The Balaban J connectivity index is 2.05. The molecule has 1 fully saturated rings. The molecule has 1 aromatic carbocycles. The first-order valence-corrected chi connectivity index (χ1v) is 10.1. The normalized spacial score (nSPS) is 25.8. The van der Waals surface area contributed by atoms with Gasteiger partial charge in [0.05, 0.1) is 12.8 Å². The number of alkyl halides is 4. The van der Waals surface area contributed by atoms with Gasteiger partial charge in [-0.3, -0.25) is 9.78 Å². The number of carbonyl (C=O) groups excluding carboxylic acids is 1. The molecule has 1 unspecified atom stereocenters. The van der Waals surface area contributed by atoms with E-state index in [1.54, 1.807) is 0 Å². The Morgan fingerprint density at radius 2 is 2.00 bits per heavy atom. The van der Waals surface area contributed by atoms with Gasteiger partial charge in [0.25, 0.3) is 5.91 Å². The summed E-state index contributed by atoms with van der Waals surface area (Å²) in [7, 11) is 1.02. The number of nitrogens with one attached hydrogen (secondary N) is 1. The van der Waals surface area contributed by atoms with Crippen molar-refractivity contribution in [3.05, 3.63) is 53.4 Å². The number of ether oxygens (including phenoxy) is 2. The van der Waals surface area contributed by atoms with Crippen molar-refractivity contribution >= 4 is 11.6 Å². The van der Waals surface area contributed by atoms with E-state index in [9.17, 15) is 36.2 Å². The number of halogens is 6. The minimum absolute atomic E-state index is 0.00960. The molecule has 0 radical (unpaired) electrons. The van der Waals surface area contributed by atoms with E-state index in [1.165, 1.54) is 13.0 Å². The van der Waals surface area contributed by atoms with E-state index in [4.69, 9.17) is 9.47 Å². The van der Waals surface area contributed by atoms with E-state index < -0.39 is 65.8 Å². The molecular formula is C22H22F6N2O4. The molecule has 0 aliphatic carbocycles. The van der Waals surface area contributed by atoms with Gasteiger partial charge in [0.2, 0.25) is 5.82 Å². The van der Waals surface area contributed by atoms with E-state index in [1.807, 2.05) is 0 Å². The fourth-order valence-corrected chi connectivity index (χ4v) is 4.04. The Hall–Kier alpha value is -2.86. The zero-order valence-corrected chi connectivity index (χ0v) is 18.3. The topological polar surface area (TPSA) is 80.7 Å². The SMILES string of the molecule is COc1c([C@H]2[C@H](C(=O)Nc3ccnc(C(O)CF)c3)O[C@@](C)(C(F)(F)F)[C@H]2C)ccc(F)c1F. The number of pyridine rings is 1. The average Bonchev–Trinajstić information content (AvgIpc) is 3.07. The Morgan fingerprint density at radius 3 is 2.59 bits per heavy atom. The summed E-state index contributed by atoms with van der Waals surface area (Å²) in [4.78, 5) is 16.9. The molecule has 1 aliphatic heterocycles. The molecular weight excluding hydrogens is 470 g/mol. The zero-order chi connectivity index (χ0) is 25.4. The Labute approximate surface area is 190 Å². The van der Waals surface area contributed by atoms with Gasteiger partial charge in [-0.25, -0.2) is 8.78 Å². The summed E-state index contributed by atoms with van der Waals surface area (Å²) in [5.41, 5.74) is -3.08. The van der Waals surface area contributed by atoms with E-state index in [2.05, 4.69) is 10.3 Å². The number of aromatic nitrogens is 1. The molecule has 0 saturated carbocycles. The second-order valence-corrected chi connectivity index (χ2v) is 8.07. The molecule has 186 valence electrons. The van der Waals surface area contributed by atoms with Gasteiger partial charge >= 0.3 is 6.18 Å². The van der Waals surface area contributed by atoms with Crippen LogP contribution < -0.4 is 10.1 Å². The molecule has 0 spiro atoms. The molecule has 2 heterocycles. The Morgan fingerprint density at radius 1 is 1.32 bits per heavy atom. The first kappa shape index (κ1) is 25.8. The maximum absolute atomic E-state index is 14.4. The van der Waals surface area contributed by atoms with Gasteiger partial charge in [0.1, 0.15) is 18.9 Å². The van der Waals surface area contributed by atoms with Crippen molar-refractivity contribution in [1.29, 1.82) is 0 Å². The molecule has 1 aromatic heterocycles. The molecule has 34 heavy (non-hydrogen) atoms. The monoisotopic (exact) mass is 492 g/mol. The number of methoxy groups -OCH3 is 1. The number of carbonyl (C=O) groups is 1. The zero-order valence-electron chi connectivity index (χ0n) is 18.3. The van der Waals surface area contributed by atoms with E-state index in [-0.39, 0.29) is 16.9 Å². The third-order valence-corrected chi connectivity index (χ3v) is 6.11. The van der Waals surface area contributed by atoms with Crippen molar-refractivity contribution < 1.29 is 45.7 Å². The average molecular weight is 492 g/mol. The highest BCUT2D eigenvalue weighted by Crippen LogP contribution is 2.55. The molecule has 1 amide bonds. The minimum Gasteiger partial charge on any atom is -0.493 e. The molecule has 1 aliphatic rings. The number of aliphatic hydroxyl groups is 1. The van der Waals surface area contributed by atoms with Crippen molar-refractivity contribution in [2.75, 3.05) is 19.1 Å². The van der Waals surface area contributed by atoms with Crippen LogP contribution in [0.5, 0.6) is 5.75 Å². The quantitative estimate of drug-likeness (QED) is 0.583. The molecule has 2 aromatic rings. The number of anilines is 1. The highest BCUT2D eigenvalue weighted by Gasteiger charge is 2.65. The molecule has 6 nitrogen and oxygen atoms in total. The Kier molecular flexibility index (Phi) is 7.13. The second-order valence-electron chi connectivity index (χ2n) is 8.07. The third kappa shape index (κ3) is 4.43. The van der Waals surface area contributed by atoms with Crippen LogP contribution in [0.3, 0.4) is 0 Å². The van der Waals surface area contributed by atoms with Crippen molar-refractivity contribution in [2.45, 2.75) is 43.8 Å². The molecule has 1 saturated heterocycles. The van der Waals surface area contributed by atoms with Crippen LogP contribution in [0.2, 0.25) is 0 Å². The smallest absolute Gasteiger partial charge is 0.417 e. The minimum atomic E-state index is -4.90. The van der Waals surface area contributed by atoms with Crippen LogP contribution in [0, 0.1) is 17.6 Å². The summed E-state index contributed by atoms with van der Waals surface area (Å²) in [6, 6.07) is 4.20. The number of hydrogen-bond donors (Lipinski definition) is 2. The predicted octanol–water partition coefficient (Wildman–Crippen LogP) is 4.45. The van der Waals surface area contributed by atoms with Gasteiger partial charge in [-0.2, -0.15) is 17.6 Å². The summed E-state index contributed by atoms with van der Waals surface area (Å²) >= 11 is 0. The van der Waals surface area contributed by atoms with Crippen LogP contribution in [-0.4, -0.2) is 47.7 Å². The molecule has 0 bridgehead atoms. The molecule has 2 N–H and O–H groups in total. The van der Waals surface area contributed by atoms with E-state index in [0.717, 1.165) is 38.4 Å². The van der Waals surface area contributed by atoms with Crippen molar-refractivity contribution in [3.63, 3.8) is 0 Å². The van der Waals surface area contributed by atoms with E-state index in [0.29, 0.717) is 0 Å². The van der Waals surface area contributed by atoms with Crippen molar-refractivity contribution in [1.82, 2.24) is 4.98 Å². The summed E-state index contributed by atoms with van der Waals surface area (Å²) < 4.78 is 92.9. The van der Waals surface area contributed by atoms with Crippen LogP contribution in [0.1, 0.15) is 37.1 Å². The fraction of sp³-hybridized carbons (Fsp3) is 0.455. The van der Waals surface area contributed by atoms with Crippen LogP contribution >= 0.6 is 0 Å². The number of aliphatic hydroxyl groups excluding tert-OH is 1. The Bertz CT molecular complexity index is 1070. The predicted molar refractivity (Wildman–Crippen MR) is 108 cm³/mol. The lowest BCUT2D eigenvalue weighted by Gasteiger charge is -2.32. The van der Waals surface area contributed by atoms with Gasteiger partial charge < -0.3 is 19.9 Å². The molecule has 5 atom stereocenters. The summed E-state index contributed by atoms with van der Waals surface area (Å²) in [5, 5.41) is 12.0. The first-order chi connectivity index (χ1) is 15.9. The largest absolute Gasteiger partial charge is 0.493 e. The van der Waals surface area contributed by atoms with Crippen LogP contribution in [0.15, 0.2) is 30.5 Å². The highest BCUT2D eigenvalue weighted by atomic mass is 19.4. The summed E-state index contributed by atoms with van der Waals surface area (Å²) in [6.45, 7) is 0.816. The lowest BCUT2D eigenvalue weighted by Crippen LogP contribution is -2.47. The second kappa shape index (κ2) is 9.41. The number of benzene rings is 1. The number of rotatable bonds is 6. The molecule has 12 heteroatoms. The van der Waals surface area contributed by atoms with Gasteiger partial charge in [-0.1, -0.05) is 13.0 Å². The van der Waals surface area contributed by atoms with E-state index >= 15 is 0 Å². The van der Waals surface area contributed by atoms with Crippen molar-refractivity contribution in [2.24, 2.45) is 5.92 Å². The van der Waals surface area contributed by atoms with Gasteiger partial charge in [0.15, 0.2) is 17.2 Å². The summed E-state index contributed by atoms with van der Waals surface area (Å²) in [5.74, 6) is -7.14. The third-order valence-electron chi connectivity index (χ3n) is 6.11. The fourth-order valence-electron chi connectivity index (χ4n) is 4.04. The maximum Gasteiger partial charge on any atom is 0.417 e. The lowest BCUT2D eigenvalue weighted by molar-refractivity contribution is -0.272. The maximum atomic E-state index is 14.4. The van der Waals surface area contributed by atoms with Gasteiger partial charge in [-0.15, -0.1) is 0 Å². The number of nitrogens with zero attached hydrogens (tertiary/aromatic N) is 1. The van der Waals surface area contributed by atoms with Crippen LogP contribution in [0.25, 0.3) is 0 Å². The first-order valence-electron chi connectivity index (χ1n) is 10.1. The summed E-state index contributed by atoms with van der Waals surface area (Å²) in [6.07, 6.45) is -7.09. The highest BCUT2D eigenvalue weighted by molar-refractivity contribution is 5.95. The molecule has 3 rings (SSSR count). The standard InChI is InChI=1S/C22H22F6N2O4/c1-10-16(12-4-5-13(24)17(25)18(12)33-3)19(34-21(10,2)22(26,27)28)20(32)30-11-6-7-29-14(8-11)15(31)9-23/h4-8,10,15-16,19,31H,9H2,1-3H3,(H,29,30,32)/t10-,15?,16-,19+,21+/m0/s1. The lowest BCUT2D eigenvalue weighted by atomic mass is 9.77. The van der Waals surface area contributed by atoms with Crippen LogP contribution in [0.4, 0.5) is 32.0 Å². The van der Waals surface area contributed by atoms with Gasteiger partial charge in [-0.05, 0) is 25.1 Å². The number of amides is 1. The van der Waals surface area contributed by atoms with Crippen LogP contribution in [-0.2, 0) is 9.53 Å².